The Labute approximate surface area is 136 Å². The van der Waals surface area contributed by atoms with E-state index in [2.05, 4.69) is 0 Å². The summed E-state index contributed by atoms with van der Waals surface area (Å²) in [5.74, 6) is 0.649. The molecular weight excluding hydrogens is 322 g/mol. The van der Waals surface area contributed by atoms with Crippen LogP contribution in [0.3, 0.4) is 0 Å². The van der Waals surface area contributed by atoms with Gasteiger partial charge in [-0.1, -0.05) is 29.8 Å². The Morgan fingerprint density at radius 2 is 2.09 bits per heavy atom. The van der Waals surface area contributed by atoms with Crippen LogP contribution in [0.1, 0.15) is 15.9 Å². The van der Waals surface area contributed by atoms with E-state index in [0.29, 0.717) is 22.1 Å². The fourth-order valence-electron chi connectivity index (χ4n) is 2.12. The van der Waals surface area contributed by atoms with Crippen molar-refractivity contribution in [2.75, 3.05) is 6.79 Å². The average molecular weight is 332 g/mol. The van der Waals surface area contributed by atoms with Crippen molar-refractivity contribution in [3.63, 3.8) is 0 Å². The van der Waals surface area contributed by atoms with Crippen molar-refractivity contribution in [3.05, 3.63) is 68.7 Å². The Balaban J connectivity index is 1.83. The maximum atomic E-state index is 12.1. The molecule has 0 radical (unpaired) electrons. The number of nitrogens with zero attached hydrogens (tertiary/aromatic N) is 1. The fraction of sp³-hybridized carbons (Fsp3) is 0.0625. The van der Waals surface area contributed by atoms with Crippen molar-refractivity contribution in [1.82, 2.24) is 0 Å². The molecule has 6 nitrogen and oxygen atoms in total. The highest BCUT2D eigenvalue weighted by Crippen LogP contribution is 2.40. The quantitative estimate of drug-likeness (QED) is 0.368. The van der Waals surface area contributed by atoms with Crippen LogP contribution in [0.4, 0.5) is 5.69 Å². The van der Waals surface area contributed by atoms with Crippen LogP contribution in [0, 0.1) is 10.1 Å². The lowest BCUT2D eigenvalue weighted by atomic mass is 10.1. The lowest BCUT2D eigenvalue weighted by Crippen LogP contribution is -1.96. The zero-order chi connectivity index (χ0) is 16.4. The first-order valence-corrected chi connectivity index (χ1v) is 6.98. The maximum absolute atomic E-state index is 12.1. The Morgan fingerprint density at radius 1 is 1.26 bits per heavy atom. The number of non-ortho nitro benzene ring substituents is 1. The van der Waals surface area contributed by atoms with Gasteiger partial charge in [0.25, 0.3) is 5.69 Å². The molecule has 0 fully saturated rings. The minimum Gasteiger partial charge on any atom is -0.454 e. The van der Waals surface area contributed by atoms with Crippen LogP contribution in [0.2, 0.25) is 5.02 Å². The van der Waals surface area contributed by atoms with Crippen molar-refractivity contribution in [2.45, 2.75) is 0 Å². The third-order valence-electron chi connectivity index (χ3n) is 3.22. The van der Waals surface area contributed by atoms with E-state index in [1.54, 1.807) is 18.2 Å². The molecule has 0 spiro atoms. The summed E-state index contributed by atoms with van der Waals surface area (Å²) in [6, 6.07) is 8.90. The van der Waals surface area contributed by atoms with Crippen LogP contribution < -0.4 is 9.47 Å². The number of nitro groups is 1. The first-order valence-electron chi connectivity index (χ1n) is 6.60. The van der Waals surface area contributed by atoms with E-state index in [0.717, 1.165) is 0 Å². The molecule has 0 saturated heterocycles. The van der Waals surface area contributed by atoms with Gasteiger partial charge in [0.05, 0.1) is 9.95 Å². The normalized spacial score (nSPS) is 12.6. The maximum Gasteiger partial charge on any atom is 0.270 e. The third-order valence-corrected chi connectivity index (χ3v) is 3.50. The van der Waals surface area contributed by atoms with Gasteiger partial charge in [0.15, 0.2) is 17.3 Å². The van der Waals surface area contributed by atoms with Gasteiger partial charge in [0, 0.05) is 17.7 Å². The van der Waals surface area contributed by atoms with Gasteiger partial charge in [-0.3, -0.25) is 14.9 Å². The van der Waals surface area contributed by atoms with Gasteiger partial charge < -0.3 is 9.47 Å². The molecule has 0 saturated carbocycles. The summed E-state index contributed by atoms with van der Waals surface area (Å²) in [7, 11) is 0. The zero-order valence-corrected chi connectivity index (χ0v) is 12.4. The van der Waals surface area contributed by atoms with Gasteiger partial charge >= 0.3 is 0 Å². The summed E-state index contributed by atoms with van der Waals surface area (Å²) in [4.78, 5) is 22.3. The Morgan fingerprint density at radius 3 is 2.87 bits per heavy atom. The molecule has 1 heterocycles. The molecule has 0 aliphatic carbocycles. The molecule has 1 aliphatic rings. The topological polar surface area (TPSA) is 78.7 Å². The van der Waals surface area contributed by atoms with Crippen molar-refractivity contribution >= 4 is 29.1 Å². The largest absolute Gasteiger partial charge is 0.454 e. The van der Waals surface area contributed by atoms with Crippen molar-refractivity contribution in [1.29, 1.82) is 0 Å². The predicted octanol–water partition coefficient (Wildman–Crippen LogP) is 3.87. The average Bonchev–Trinajstić information content (AvgIpc) is 3.02. The number of benzene rings is 2. The summed E-state index contributed by atoms with van der Waals surface area (Å²) < 4.78 is 10.5. The van der Waals surface area contributed by atoms with Gasteiger partial charge in [0.1, 0.15) is 0 Å². The summed E-state index contributed by atoms with van der Waals surface area (Å²) >= 11 is 6.06. The number of allylic oxidation sites excluding steroid dienone is 1. The number of hydrogen-bond donors (Lipinski definition) is 0. The minimum atomic E-state index is -0.544. The molecule has 2 aromatic rings. The molecular formula is C16H10ClNO5. The number of ketones is 1. The van der Waals surface area contributed by atoms with E-state index in [1.165, 1.54) is 30.3 Å². The molecule has 0 amide bonds. The minimum absolute atomic E-state index is 0.106. The van der Waals surface area contributed by atoms with Gasteiger partial charge in [-0.05, 0) is 23.8 Å². The van der Waals surface area contributed by atoms with E-state index in [9.17, 15) is 14.9 Å². The van der Waals surface area contributed by atoms with E-state index >= 15 is 0 Å². The highest BCUT2D eigenvalue weighted by atomic mass is 35.5. The van der Waals surface area contributed by atoms with E-state index in [4.69, 9.17) is 21.1 Å². The lowest BCUT2D eigenvalue weighted by Gasteiger charge is -2.01. The molecule has 2 aromatic carbocycles. The smallest absolute Gasteiger partial charge is 0.270 e. The lowest BCUT2D eigenvalue weighted by molar-refractivity contribution is -0.384. The number of carbonyl (C=O) groups excluding carboxylic acids is 1. The van der Waals surface area contributed by atoms with Crippen LogP contribution in [-0.2, 0) is 0 Å². The summed E-state index contributed by atoms with van der Waals surface area (Å²) in [5.41, 5.74) is 0.774. The standard InChI is InChI=1S/C16H10ClNO5/c17-13-6-10(7-15-16(13)23-9-22-15)4-5-14(19)11-2-1-3-12(8-11)18(20)21/h1-8H,9H2/b5-4+. The number of nitro benzene ring substituents is 1. The molecule has 0 atom stereocenters. The van der Waals surface area contributed by atoms with Crippen LogP contribution in [-0.4, -0.2) is 17.5 Å². The number of fused-ring (bicyclic) bond motifs is 1. The Kier molecular flexibility index (Phi) is 3.99. The molecule has 0 aromatic heterocycles. The fourth-order valence-corrected chi connectivity index (χ4v) is 2.40. The summed E-state index contributed by atoms with van der Waals surface area (Å²) in [5, 5.41) is 11.1. The number of ether oxygens (including phenoxy) is 2. The molecule has 0 unspecified atom stereocenters. The number of hydrogen-bond acceptors (Lipinski definition) is 5. The van der Waals surface area contributed by atoms with Crippen molar-refractivity contribution < 1.29 is 19.2 Å². The second-order valence-electron chi connectivity index (χ2n) is 4.74. The SMILES string of the molecule is O=C(/C=C/c1cc(Cl)c2c(c1)OCO2)c1cccc([N+](=O)[O-])c1. The van der Waals surface area contributed by atoms with Gasteiger partial charge in [-0.25, -0.2) is 0 Å². The summed E-state index contributed by atoms with van der Waals surface area (Å²) in [6.07, 6.45) is 2.89. The Hall–Kier alpha value is -2.86. The molecule has 3 rings (SSSR count). The highest BCUT2D eigenvalue weighted by molar-refractivity contribution is 6.32. The van der Waals surface area contributed by atoms with Crippen LogP contribution in [0.5, 0.6) is 11.5 Å². The molecule has 0 N–H and O–H groups in total. The third kappa shape index (κ3) is 3.17. The van der Waals surface area contributed by atoms with Crippen molar-refractivity contribution in [2.24, 2.45) is 0 Å². The first kappa shape index (κ1) is 15.1. The second-order valence-corrected chi connectivity index (χ2v) is 5.15. The molecule has 1 aliphatic heterocycles. The molecule has 0 bridgehead atoms. The number of carbonyl (C=O) groups is 1. The van der Waals surface area contributed by atoms with Crippen LogP contribution in [0.25, 0.3) is 6.08 Å². The van der Waals surface area contributed by atoms with Gasteiger partial charge in [0.2, 0.25) is 6.79 Å². The number of rotatable bonds is 4. The molecule has 116 valence electrons. The first-order chi connectivity index (χ1) is 11.0. The van der Waals surface area contributed by atoms with E-state index in [1.807, 2.05) is 0 Å². The molecule has 7 heteroatoms. The van der Waals surface area contributed by atoms with E-state index in [-0.39, 0.29) is 23.8 Å². The predicted molar refractivity (Wildman–Crippen MR) is 84.0 cm³/mol. The van der Waals surface area contributed by atoms with Gasteiger partial charge in [-0.15, -0.1) is 0 Å². The summed E-state index contributed by atoms with van der Waals surface area (Å²) in [6.45, 7) is 0.106. The van der Waals surface area contributed by atoms with Gasteiger partial charge in [-0.2, -0.15) is 0 Å². The zero-order valence-electron chi connectivity index (χ0n) is 11.7. The number of halogens is 1. The van der Waals surface area contributed by atoms with E-state index < -0.39 is 4.92 Å². The van der Waals surface area contributed by atoms with Crippen LogP contribution >= 0.6 is 11.6 Å². The van der Waals surface area contributed by atoms with Crippen LogP contribution in [0.15, 0.2) is 42.5 Å². The Bertz CT molecular complexity index is 831. The second kappa shape index (κ2) is 6.10. The molecule has 23 heavy (non-hydrogen) atoms. The monoisotopic (exact) mass is 331 g/mol. The highest BCUT2D eigenvalue weighted by Gasteiger charge is 2.17. The van der Waals surface area contributed by atoms with Crippen molar-refractivity contribution in [3.8, 4) is 11.5 Å².